The van der Waals surface area contributed by atoms with Gasteiger partial charge in [0.2, 0.25) is 0 Å². The van der Waals surface area contributed by atoms with Crippen LogP contribution in [-0.4, -0.2) is 42.6 Å². The standard InChI is InChI=1S/C26H25ClN2O6/c1-4-11-34-21-10-8-19(27)14-18(21)15-20-24(30)28-26(32)29(25(20)31)16-17-7-9-22(35-12-5-2)23(13-17)33-6-3/h1,7-10,13-15H,5-6,11-12,16H2,2-3H3,(H,28,30,32)/b20-15+. The van der Waals surface area contributed by atoms with E-state index in [9.17, 15) is 14.4 Å². The van der Waals surface area contributed by atoms with Crippen LogP contribution in [0.3, 0.4) is 0 Å². The van der Waals surface area contributed by atoms with Gasteiger partial charge in [-0.25, -0.2) is 4.79 Å². The molecular formula is C26H25ClN2O6. The molecular weight excluding hydrogens is 472 g/mol. The van der Waals surface area contributed by atoms with Crippen molar-refractivity contribution in [2.45, 2.75) is 26.8 Å². The van der Waals surface area contributed by atoms with Crippen molar-refractivity contribution >= 4 is 35.5 Å². The van der Waals surface area contributed by atoms with E-state index in [0.717, 1.165) is 11.3 Å². The van der Waals surface area contributed by atoms with E-state index in [1.54, 1.807) is 30.3 Å². The minimum atomic E-state index is -0.823. The number of barbiturate groups is 1. The van der Waals surface area contributed by atoms with Gasteiger partial charge in [-0.05, 0) is 55.3 Å². The van der Waals surface area contributed by atoms with Crippen LogP contribution in [0.1, 0.15) is 31.4 Å². The Bertz CT molecular complexity index is 1200. The van der Waals surface area contributed by atoms with E-state index in [1.165, 1.54) is 12.1 Å². The van der Waals surface area contributed by atoms with E-state index in [4.69, 9.17) is 32.2 Å². The summed E-state index contributed by atoms with van der Waals surface area (Å²) in [6.45, 7) is 4.69. The van der Waals surface area contributed by atoms with Crippen molar-refractivity contribution in [3.8, 4) is 29.6 Å². The van der Waals surface area contributed by atoms with Gasteiger partial charge >= 0.3 is 6.03 Å². The molecule has 3 rings (SSSR count). The Kier molecular flexibility index (Phi) is 8.76. The van der Waals surface area contributed by atoms with Crippen molar-refractivity contribution in [2.75, 3.05) is 19.8 Å². The van der Waals surface area contributed by atoms with Crippen molar-refractivity contribution in [3.05, 3.63) is 58.1 Å². The fourth-order valence-electron chi connectivity index (χ4n) is 3.31. The number of halogens is 1. The van der Waals surface area contributed by atoms with Crippen molar-refractivity contribution in [2.24, 2.45) is 0 Å². The molecule has 0 bridgehead atoms. The Morgan fingerprint density at radius 1 is 1.03 bits per heavy atom. The number of imide groups is 2. The summed E-state index contributed by atoms with van der Waals surface area (Å²) in [5.41, 5.74) is 0.747. The largest absolute Gasteiger partial charge is 0.490 e. The number of terminal acetylenes is 1. The summed E-state index contributed by atoms with van der Waals surface area (Å²) in [7, 11) is 0. The van der Waals surface area contributed by atoms with Crippen LogP contribution in [0.5, 0.6) is 17.2 Å². The monoisotopic (exact) mass is 496 g/mol. The summed E-state index contributed by atoms with van der Waals surface area (Å²) in [5.74, 6) is 2.19. The Hall–Kier alpha value is -3.96. The minimum absolute atomic E-state index is 0.0112. The van der Waals surface area contributed by atoms with E-state index in [-0.39, 0.29) is 18.7 Å². The maximum atomic E-state index is 13.2. The number of nitrogens with zero attached hydrogens (tertiary/aromatic N) is 1. The van der Waals surface area contributed by atoms with Gasteiger partial charge in [-0.3, -0.25) is 19.8 Å². The molecule has 0 radical (unpaired) electrons. The molecule has 8 nitrogen and oxygen atoms in total. The van der Waals surface area contributed by atoms with E-state index in [2.05, 4.69) is 11.2 Å². The molecule has 4 amide bonds. The van der Waals surface area contributed by atoms with Crippen LogP contribution in [0.2, 0.25) is 5.02 Å². The molecule has 1 heterocycles. The number of urea groups is 1. The molecule has 0 unspecified atom stereocenters. The smallest absolute Gasteiger partial charge is 0.331 e. The molecule has 0 aliphatic carbocycles. The topological polar surface area (TPSA) is 94.2 Å². The van der Waals surface area contributed by atoms with E-state index in [0.29, 0.717) is 46.6 Å². The summed E-state index contributed by atoms with van der Waals surface area (Å²) in [6.07, 6.45) is 7.41. The average Bonchev–Trinajstić information content (AvgIpc) is 2.83. The summed E-state index contributed by atoms with van der Waals surface area (Å²) < 4.78 is 16.8. The SMILES string of the molecule is C#CCOc1ccc(Cl)cc1/C=C1\C(=O)NC(=O)N(Cc2ccc(OCCC)c(OCC)c2)C1=O. The highest BCUT2D eigenvalue weighted by atomic mass is 35.5. The predicted octanol–water partition coefficient (Wildman–Crippen LogP) is 4.20. The molecule has 1 saturated heterocycles. The van der Waals surface area contributed by atoms with Crippen LogP contribution in [0.4, 0.5) is 4.79 Å². The van der Waals surface area contributed by atoms with Gasteiger partial charge < -0.3 is 14.2 Å². The number of ether oxygens (including phenoxy) is 3. The molecule has 1 aliphatic heterocycles. The molecule has 182 valence electrons. The summed E-state index contributed by atoms with van der Waals surface area (Å²) >= 11 is 6.09. The Balaban J connectivity index is 1.91. The number of carbonyl (C=O) groups excluding carboxylic acids is 3. The second kappa shape index (κ2) is 12.0. The summed E-state index contributed by atoms with van der Waals surface area (Å²) in [5, 5.41) is 2.57. The molecule has 1 N–H and O–H groups in total. The van der Waals surface area contributed by atoms with E-state index < -0.39 is 17.8 Å². The molecule has 35 heavy (non-hydrogen) atoms. The van der Waals surface area contributed by atoms with Gasteiger partial charge in [-0.1, -0.05) is 30.5 Å². The molecule has 2 aromatic carbocycles. The van der Waals surface area contributed by atoms with E-state index in [1.807, 2.05) is 13.8 Å². The molecule has 2 aromatic rings. The second-order valence-electron chi connectivity index (χ2n) is 7.45. The third kappa shape index (κ3) is 6.34. The van der Waals surface area contributed by atoms with E-state index >= 15 is 0 Å². The quantitative estimate of drug-likeness (QED) is 0.301. The predicted molar refractivity (Wildman–Crippen MR) is 131 cm³/mol. The van der Waals surface area contributed by atoms with Gasteiger partial charge in [0.1, 0.15) is 17.9 Å². The van der Waals surface area contributed by atoms with Crippen molar-refractivity contribution in [3.63, 3.8) is 0 Å². The third-order valence-electron chi connectivity index (χ3n) is 4.88. The molecule has 0 aromatic heterocycles. The fraction of sp³-hybridized carbons (Fsp3) is 0.269. The lowest BCUT2D eigenvalue weighted by molar-refractivity contribution is -0.130. The zero-order valence-corrected chi connectivity index (χ0v) is 20.2. The average molecular weight is 497 g/mol. The Morgan fingerprint density at radius 3 is 2.51 bits per heavy atom. The van der Waals surface area contributed by atoms with Crippen LogP contribution < -0.4 is 19.5 Å². The lowest BCUT2D eigenvalue weighted by atomic mass is 10.1. The summed E-state index contributed by atoms with van der Waals surface area (Å²) in [4.78, 5) is 39.2. The van der Waals surface area contributed by atoms with Gasteiger partial charge in [0.15, 0.2) is 11.5 Å². The normalized spacial score (nSPS) is 14.5. The second-order valence-corrected chi connectivity index (χ2v) is 7.88. The minimum Gasteiger partial charge on any atom is -0.490 e. The first kappa shape index (κ1) is 25.7. The number of nitrogens with one attached hydrogen (secondary N) is 1. The number of rotatable bonds is 10. The Morgan fingerprint density at radius 2 is 1.80 bits per heavy atom. The van der Waals surface area contributed by atoms with Gasteiger partial charge in [0.25, 0.3) is 11.8 Å². The van der Waals surface area contributed by atoms with Crippen LogP contribution >= 0.6 is 11.6 Å². The van der Waals surface area contributed by atoms with Crippen molar-refractivity contribution in [1.29, 1.82) is 0 Å². The van der Waals surface area contributed by atoms with Crippen LogP contribution in [0, 0.1) is 12.3 Å². The third-order valence-corrected chi connectivity index (χ3v) is 5.11. The number of hydrogen-bond donors (Lipinski definition) is 1. The molecule has 0 atom stereocenters. The number of benzene rings is 2. The fourth-order valence-corrected chi connectivity index (χ4v) is 3.49. The molecule has 9 heteroatoms. The lowest BCUT2D eigenvalue weighted by Gasteiger charge is -2.27. The highest BCUT2D eigenvalue weighted by Gasteiger charge is 2.36. The van der Waals surface area contributed by atoms with Crippen LogP contribution in [-0.2, 0) is 16.1 Å². The van der Waals surface area contributed by atoms with Gasteiger partial charge in [0, 0.05) is 10.6 Å². The van der Waals surface area contributed by atoms with Crippen LogP contribution in [0.25, 0.3) is 6.08 Å². The van der Waals surface area contributed by atoms with Gasteiger partial charge in [0.05, 0.1) is 19.8 Å². The molecule has 0 saturated carbocycles. The maximum Gasteiger partial charge on any atom is 0.331 e. The first-order valence-corrected chi connectivity index (χ1v) is 11.4. The number of carbonyl (C=O) groups is 3. The zero-order valence-electron chi connectivity index (χ0n) is 19.4. The molecule has 1 aliphatic rings. The maximum absolute atomic E-state index is 13.2. The number of amides is 4. The highest BCUT2D eigenvalue weighted by molar-refractivity contribution is 6.32. The first-order chi connectivity index (χ1) is 16.9. The highest BCUT2D eigenvalue weighted by Crippen LogP contribution is 2.30. The molecule has 1 fully saturated rings. The van der Waals surface area contributed by atoms with Gasteiger partial charge in [-0.2, -0.15) is 0 Å². The van der Waals surface area contributed by atoms with Crippen molar-refractivity contribution < 1.29 is 28.6 Å². The Labute approximate surface area is 208 Å². The molecule has 0 spiro atoms. The van der Waals surface area contributed by atoms with Crippen LogP contribution in [0.15, 0.2) is 42.0 Å². The number of hydrogen-bond acceptors (Lipinski definition) is 6. The van der Waals surface area contributed by atoms with Gasteiger partial charge in [-0.15, -0.1) is 6.42 Å². The zero-order chi connectivity index (χ0) is 25.4. The first-order valence-electron chi connectivity index (χ1n) is 11.0. The summed E-state index contributed by atoms with van der Waals surface area (Å²) in [6, 6.07) is 9.05. The lowest BCUT2D eigenvalue weighted by Crippen LogP contribution is -2.53. The van der Waals surface area contributed by atoms with Crippen molar-refractivity contribution in [1.82, 2.24) is 10.2 Å².